The van der Waals surface area contributed by atoms with E-state index >= 15 is 4.39 Å². The van der Waals surface area contributed by atoms with Crippen LogP contribution in [0, 0.1) is 19.7 Å². The molecule has 0 saturated heterocycles. The Morgan fingerprint density at radius 3 is 2.76 bits per heavy atom. The lowest BCUT2D eigenvalue weighted by Crippen LogP contribution is -2.18. The molecule has 1 amide bonds. The lowest BCUT2D eigenvalue weighted by Gasteiger charge is -2.15. The number of nitrogens with two attached hydrogens (primary N) is 1. The maximum atomic E-state index is 15.4. The molecule has 0 saturated carbocycles. The van der Waals surface area contributed by atoms with Crippen molar-refractivity contribution in [2.45, 2.75) is 20.4 Å². The zero-order valence-corrected chi connectivity index (χ0v) is 15.8. The molecular weight excluding hydrogens is 373 g/mol. The van der Waals surface area contributed by atoms with Gasteiger partial charge in [0.15, 0.2) is 5.82 Å². The molecule has 0 fully saturated rings. The Balaban J connectivity index is 1.81. The second-order valence-corrected chi connectivity index (χ2v) is 6.59. The minimum atomic E-state index is -0.515. The number of nitrogens with one attached hydrogen (secondary N) is 1. The maximum absolute atomic E-state index is 15.4. The largest absolute Gasteiger partial charge is 0.368 e. The summed E-state index contributed by atoms with van der Waals surface area (Å²) in [5.74, 6) is -1.02. The monoisotopic (exact) mass is 391 g/mol. The molecule has 0 aliphatic heterocycles. The van der Waals surface area contributed by atoms with E-state index in [0.717, 1.165) is 0 Å². The first-order valence-corrected chi connectivity index (χ1v) is 8.89. The van der Waals surface area contributed by atoms with Crippen molar-refractivity contribution >= 4 is 28.3 Å². The van der Waals surface area contributed by atoms with Crippen LogP contribution >= 0.6 is 0 Å². The highest BCUT2D eigenvalue weighted by Gasteiger charge is 2.19. The van der Waals surface area contributed by atoms with Gasteiger partial charge in [0.25, 0.3) is 0 Å². The summed E-state index contributed by atoms with van der Waals surface area (Å²) in [5.41, 5.74) is 9.10. The van der Waals surface area contributed by atoms with Gasteiger partial charge >= 0.3 is 0 Å². The number of hydrogen-bond acceptors (Lipinski definition) is 6. The number of pyridine rings is 3. The van der Waals surface area contributed by atoms with Crippen molar-refractivity contribution in [3.8, 4) is 11.4 Å². The van der Waals surface area contributed by atoms with Crippen LogP contribution in [-0.2, 0) is 11.3 Å². The van der Waals surface area contributed by atoms with Crippen LogP contribution in [0.2, 0.25) is 0 Å². The first-order valence-electron chi connectivity index (χ1n) is 8.89. The predicted octanol–water partition coefficient (Wildman–Crippen LogP) is 2.87. The van der Waals surface area contributed by atoms with Crippen LogP contribution in [0.4, 0.5) is 15.8 Å². The second-order valence-electron chi connectivity index (χ2n) is 6.59. The lowest BCUT2D eigenvalue weighted by molar-refractivity contribution is -0.118. The lowest BCUT2D eigenvalue weighted by atomic mass is 10.1. The van der Waals surface area contributed by atoms with Crippen LogP contribution in [0.5, 0.6) is 0 Å². The number of nitrogens with zero attached hydrogens (tertiary/aromatic N) is 5. The molecule has 146 valence electrons. The summed E-state index contributed by atoms with van der Waals surface area (Å²) < 4.78 is 16.8. The van der Waals surface area contributed by atoms with Crippen molar-refractivity contribution in [2.75, 3.05) is 5.32 Å². The van der Waals surface area contributed by atoms with Gasteiger partial charge in [-0.3, -0.25) is 19.4 Å². The van der Waals surface area contributed by atoms with Crippen molar-refractivity contribution in [2.24, 2.45) is 5.73 Å². The first kappa shape index (κ1) is 18.5. The summed E-state index contributed by atoms with van der Waals surface area (Å²) >= 11 is 0. The standard InChI is InChI=1S/C20H18FN7O/c1-11-12(2)25-20(13-5-3-4-7-23-13)17(21)18(11)26-14-6-8-24-15-9-28(10-16(22)29)27-19(14)15/h3-9H,10H2,1-2H3,(H2,22,29)(H,25,26). The average molecular weight is 391 g/mol. The molecule has 0 aliphatic carbocycles. The summed E-state index contributed by atoms with van der Waals surface area (Å²) in [5, 5.41) is 7.48. The van der Waals surface area contributed by atoms with Crippen molar-refractivity contribution < 1.29 is 9.18 Å². The molecule has 3 N–H and O–H groups in total. The number of rotatable bonds is 5. The topological polar surface area (TPSA) is 112 Å². The number of fused-ring (bicyclic) bond motifs is 1. The normalized spacial score (nSPS) is 11.0. The van der Waals surface area contributed by atoms with E-state index in [1.165, 1.54) is 4.68 Å². The molecule has 0 atom stereocenters. The molecule has 0 unspecified atom stereocenters. The van der Waals surface area contributed by atoms with E-state index in [0.29, 0.717) is 33.7 Å². The third-order valence-corrected chi connectivity index (χ3v) is 4.56. The van der Waals surface area contributed by atoms with Gasteiger partial charge < -0.3 is 11.1 Å². The highest BCUT2D eigenvalue weighted by Crippen LogP contribution is 2.33. The Kier molecular flexibility index (Phi) is 4.63. The first-order chi connectivity index (χ1) is 13.9. The fourth-order valence-electron chi connectivity index (χ4n) is 3.03. The number of aryl methyl sites for hydroxylation is 1. The van der Waals surface area contributed by atoms with Crippen LogP contribution in [0.3, 0.4) is 0 Å². The molecule has 0 aliphatic rings. The molecule has 0 aromatic carbocycles. The Hall–Kier alpha value is -3.88. The van der Waals surface area contributed by atoms with Gasteiger partial charge in [-0.15, -0.1) is 0 Å². The Labute approximate surface area is 165 Å². The van der Waals surface area contributed by atoms with E-state index in [9.17, 15) is 4.79 Å². The summed E-state index contributed by atoms with van der Waals surface area (Å²) in [6, 6.07) is 6.94. The molecule has 29 heavy (non-hydrogen) atoms. The van der Waals surface area contributed by atoms with Gasteiger partial charge in [0.2, 0.25) is 5.91 Å². The van der Waals surface area contributed by atoms with Gasteiger partial charge in [-0.1, -0.05) is 6.07 Å². The Morgan fingerprint density at radius 2 is 2.03 bits per heavy atom. The summed E-state index contributed by atoms with van der Waals surface area (Å²) in [7, 11) is 0. The molecule has 4 heterocycles. The number of carbonyl (C=O) groups is 1. The predicted molar refractivity (Wildman–Crippen MR) is 107 cm³/mol. The third kappa shape index (κ3) is 3.49. The minimum Gasteiger partial charge on any atom is -0.368 e. The smallest absolute Gasteiger partial charge is 0.239 e. The molecule has 0 radical (unpaired) electrons. The number of aromatic nitrogens is 5. The number of primary amides is 1. The van der Waals surface area contributed by atoms with Gasteiger partial charge in [-0.05, 0) is 37.6 Å². The van der Waals surface area contributed by atoms with Gasteiger partial charge in [0.1, 0.15) is 23.3 Å². The van der Waals surface area contributed by atoms with Crippen LogP contribution in [0.1, 0.15) is 11.3 Å². The molecule has 4 aromatic heterocycles. The van der Waals surface area contributed by atoms with Crippen LogP contribution in [0.15, 0.2) is 42.9 Å². The second kappa shape index (κ2) is 7.27. The highest BCUT2D eigenvalue weighted by molar-refractivity contribution is 5.90. The molecule has 0 bridgehead atoms. The van der Waals surface area contributed by atoms with Crippen LogP contribution in [-0.4, -0.2) is 30.6 Å². The van der Waals surface area contributed by atoms with Gasteiger partial charge in [-0.25, -0.2) is 9.37 Å². The molecule has 8 nitrogen and oxygen atoms in total. The average Bonchev–Trinajstić information content (AvgIpc) is 3.11. The SMILES string of the molecule is Cc1nc(-c2ccccn2)c(F)c(Nc2ccnc3cn(CC(N)=O)nc23)c1C. The number of halogens is 1. The third-order valence-electron chi connectivity index (χ3n) is 4.56. The number of carbonyl (C=O) groups excluding carboxylic acids is 1. The fraction of sp³-hybridized carbons (Fsp3) is 0.150. The van der Waals surface area contributed by atoms with E-state index in [1.807, 2.05) is 6.92 Å². The highest BCUT2D eigenvalue weighted by atomic mass is 19.1. The quantitative estimate of drug-likeness (QED) is 0.541. The van der Waals surface area contributed by atoms with E-state index in [2.05, 4.69) is 25.4 Å². The van der Waals surface area contributed by atoms with Crippen LogP contribution < -0.4 is 11.1 Å². The maximum Gasteiger partial charge on any atom is 0.239 e. The van der Waals surface area contributed by atoms with E-state index in [-0.39, 0.29) is 17.9 Å². The summed E-state index contributed by atoms with van der Waals surface area (Å²) in [4.78, 5) is 24.0. The van der Waals surface area contributed by atoms with Crippen molar-refractivity contribution in [1.29, 1.82) is 0 Å². The molecular formula is C20H18FN7O. The summed E-state index contributed by atoms with van der Waals surface area (Å²) in [6.45, 7) is 3.54. The van der Waals surface area contributed by atoms with Gasteiger partial charge in [0.05, 0.1) is 23.3 Å². The van der Waals surface area contributed by atoms with Crippen molar-refractivity contribution in [3.05, 3.63) is 59.9 Å². The summed E-state index contributed by atoms with van der Waals surface area (Å²) in [6.07, 6.45) is 4.80. The Morgan fingerprint density at radius 1 is 1.21 bits per heavy atom. The number of anilines is 2. The van der Waals surface area contributed by atoms with Crippen molar-refractivity contribution in [1.82, 2.24) is 24.7 Å². The fourth-order valence-corrected chi connectivity index (χ4v) is 3.03. The molecule has 9 heteroatoms. The minimum absolute atomic E-state index is 0.0681. The van der Waals surface area contributed by atoms with Gasteiger partial charge in [-0.2, -0.15) is 5.10 Å². The molecule has 4 rings (SSSR count). The van der Waals surface area contributed by atoms with E-state index in [4.69, 9.17) is 5.73 Å². The molecule has 4 aromatic rings. The van der Waals surface area contributed by atoms with Crippen LogP contribution in [0.25, 0.3) is 22.4 Å². The zero-order chi connectivity index (χ0) is 20.5. The number of hydrogen-bond donors (Lipinski definition) is 2. The van der Waals surface area contributed by atoms with Crippen molar-refractivity contribution in [3.63, 3.8) is 0 Å². The zero-order valence-electron chi connectivity index (χ0n) is 15.8. The van der Waals surface area contributed by atoms with Gasteiger partial charge in [0, 0.05) is 18.1 Å². The van der Waals surface area contributed by atoms with E-state index < -0.39 is 11.7 Å². The number of amides is 1. The molecule has 0 spiro atoms. The van der Waals surface area contributed by atoms with E-state index in [1.54, 1.807) is 49.8 Å². The Bertz CT molecular complexity index is 1220.